The maximum atomic E-state index is 13.4. The topological polar surface area (TPSA) is 75.9 Å². The molecule has 5 nitrogen and oxygen atoms in total. The van der Waals surface area contributed by atoms with Crippen molar-refractivity contribution in [2.45, 2.75) is 32.6 Å². The van der Waals surface area contributed by atoms with Crippen LogP contribution in [0.4, 0.5) is 16.2 Å². The van der Waals surface area contributed by atoms with Crippen molar-refractivity contribution in [2.75, 3.05) is 17.3 Å². The van der Waals surface area contributed by atoms with E-state index >= 15 is 0 Å². The van der Waals surface area contributed by atoms with E-state index < -0.39 is 5.82 Å². The van der Waals surface area contributed by atoms with Crippen LogP contribution in [0.2, 0.25) is 0 Å². The Morgan fingerprint density at radius 2 is 2.29 bits per heavy atom. The minimum Gasteiger partial charge on any atom is -0.367 e. The molecule has 1 aliphatic rings. The molecule has 94 valence electrons. The zero-order valence-electron chi connectivity index (χ0n) is 9.96. The number of hydrogen-bond acceptors (Lipinski definition) is 5. The number of hydrazine groups is 1. The second-order valence-electron chi connectivity index (χ2n) is 4.64. The second kappa shape index (κ2) is 4.83. The summed E-state index contributed by atoms with van der Waals surface area (Å²) < 4.78 is 13.4. The molecule has 1 aromatic rings. The number of hydrogen-bond donors (Lipinski definition) is 3. The minimum atomic E-state index is -0.448. The van der Waals surface area contributed by atoms with E-state index in [-0.39, 0.29) is 11.8 Å². The van der Waals surface area contributed by atoms with Crippen molar-refractivity contribution in [1.82, 2.24) is 9.97 Å². The van der Waals surface area contributed by atoms with Crippen LogP contribution in [0.5, 0.6) is 0 Å². The summed E-state index contributed by atoms with van der Waals surface area (Å²) in [5.74, 6) is 5.17. The van der Waals surface area contributed by atoms with Gasteiger partial charge in [-0.25, -0.2) is 15.2 Å². The molecule has 4 N–H and O–H groups in total. The average molecular weight is 239 g/mol. The standard InChI is InChI=1S/C11H18FN5/c1-2-3-11(4-5-11)7-15-9-8(12)6-14-10(16-9)17-13/h6H,2-5,7,13H2,1H3,(H2,14,15,16,17). The Labute approximate surface area is 100.0 Å². The van der Waals surface area contributed by atoms with Gasteiger partial charge in [0.15, 0.2) is 11.6 Å². The number of halogens is 1. The molecule has 0 saturated heterocycles. The van der Waals surface area contributed by atoms with E-state index in [2.05, 4.69) is 27.6 Å². The summed E-state index contributed by atoms with van der Waals surface area (Å²) in [5.41, 5.74) is 2.65. The molecule has 0 unspecified atom stereocenters. The van der Waals surface area contributed by atoms with Gasteiger partial charge in [0.2, 0.25) is 5.95 Å². The summed E-state index contributed by atoms with van der Waals surface area (Å²) in [6, 6.07) is 0. The molecular weight excluding hydrogens is 221 g/mol. The molecule has 2 rings (SSSR count). The molecule has 1 aliphatic carbocycles. The lowest BCUT2D eigenvalue weighted by Gasteiger charge is -2.15. The Bertz CT molecular complexity index is 391. The van der Waals surface area contributed by atoms with Crippen molar-refractivity contribution in [1.29, 1.82) is 0 Å². The van der Waals surface area contributed by atoms with Crippen molar-refractivity contribution in [2.24, 2.45) is 11.3 Å². The number of aromatic nitrogens is 2. The Morgan fingerprint density at radius 3 is 2.88 bits per heavy atom. The van der Waals surface area contributed by atoms with Gasteiger partial charge in [-0.3, -0.25) is 5.43 Å². The Morgan fingerprint density at radius 1 is 1.53 bits per heavy atom. The first-order valence-electron chi connectivity index (χ1n) is 5.92. The van der Waals surface area contributed by atoms with Crippen LogP contribution in [-0.2, 0) is 0 Å². The lowest BCUT2D eigenvalue weighted by atomic mass is 10.0. The highest BCUT2D eigenvalue weighted by molar-refractivity contribution is 5.41. The van der Waals surface area contributed by atoms with Crippen molar-refractivity contribution in [3.8, 4) is 0 Å². The zero-order chi connectivity index (χ0) is 12.3. The highest BCUT2D eigenvalue weighted by Crippen LogP contribution is 2.49. The normalized spacial score (nSPS) is 16.6. The number of nitrogens with two attached hydrogens (primary N) is 1. The van der Waals surface area contributed by atoms with Crippen LogP contribution in [0, 0.1) is 11.2 Å². The molecule has 0 radical (unpaired) electrons. The Balaban J connectivity index is 1.98. The first kappa shape index (κ1) is 12.0. The van der Waals surface area contributed by atoms with Crippen LogP contribution in [-0.4, -0.2) is 16.5 Å². The molecule has 1 saturated carbocycles. The fourth-order valence-electron chi connectivity index (χ4n) is 2.05. The molecule has 0 spiro atoms. The highest BCUT2D eigenvalue weighted by Gasteiger charge is 2.41. The van der Waals surface area contributed by atoms with E-state index in [0.29, 0.717) is 5.41 Å². The van der Waals surface area contributed by atoms with Crippen molar-refractivity contribution >= 4 is 11.8 Å². The monoisotopic (exact) mass is 239 g/mol. The largest absolute Gasteiger partial charge is 0.367 e. The van der Waals surface area contributed by atoms with Gasteiger partial charge in [-0.1, -0.05) is 13.3 Å². The lowest BCUT2D eigenvalue weighted by Crippen LogP contribution is -2.18. The quantitative estimate of drug-likeness (QED) is 0.522. The molecule has 17 heavy (non-hydrogen) atoms. The molecule has 0 aliphatic heterocycles. The van der Waals surface area contributed by atoms with Crippen LogP contribution >= 0.6 is 0 Å². The fourth-order valence-corrected chi connectivity index (χ4v) is 2.05. The summed E-state index contributed by atoms with van der Waals surface area (Å²) >= 11 is 0. The van der Waals surface area contributed by atoms with Gasteiger partial charge < -0.3 is 5.32 Å². The molecular formula is C11H18FN5. The Hall–Kier alpha value is -1.43. The van der Waals surface area contributed by atoms with Gasteiger partial charge in [0.25, 0.3) is 0 Å². The van der Waals surface area contributed by atoms with Crippen LogP contribution in [0.15, 0.2) is 6.20 Å². The van der Waals surface area contributed by atoms with Crippen LogP contribution in [0.3, 0.4) is 0 Å². The predicted octanol–water partition coefficient (Wildman–Crippen LogP) is 1.89. The number of nitrogens with zero attached hydrogens (tertiary/aromatic N) is 2. The van der Waals surface area contributed by atoms with Gasteiger partial charge in [-0.05, 0) is 24.7 Å². The van der Waals surface area contributed by atoms with Gasteiger partial charge in [-0.2, -0.15) is 4.98 Å². The van der Waals surface area contributed by atoms with E-state index in [1.807, 2.05) is 0 Å². The third-order valence-electron chi connectivity index (χ3n) is 3.24. The van der Waals surface area contributed by atoms with Crippen molar-refractivity contribution < 1.29 is 4.39 Å². The molecule has 0 atom stereocenters. The summed E-state index contributed by atoms with van der Waals surface area (Å²) in [5, 5.41) is 3.05. The number of nitrogens with one attached hydrogen (secondary N) is 2. The average Bonchev–Trinajstić information content (AvgIpc) is 3.09. The van der Waals surface area contributed by atoms with Crippen LogP contribution in [0.1, 0.15) is 32.6 Å². The smallest absolute Gasteiger partial charge is 0.239 e. The third-order valence-corrected chi connectivity index (χ3v) is 3.24. The maximum Gasteiger partial charge on any atom is 0.239 e. The first-order valence-corrected chi connectivity index (χ1v) is 5.92. The first-order chi connectivity index (χ1) is 8.19. The summed E-state index contributed by atoms with van der Waals surface area (Å²) in [7, 11) is 0. The van der Waals surface area contributed by atoms with Gasteiger partial charge in [-0.15, -0.1) is 0 Å². The predicted molar refractivity (Wildman–Crippen MR) is 64.9 cm³/mol. The van der Waals surface area contributed by atoms with Crippen molar-refractivity contribution in [3.63, 3.8) is 0 Å². The minimum absolute atomic E-state index is 0.217. The van der Waals surface area contributed by atoms with Crippen LogP contribution in [0.25, 0.3) is 0 Å². The third kappa shape index (κ3) is 2.82. The SMILES string of the molecule is CCCC1(CNc2nc(NN)ncc2F)CC1. The fraction of sp³-hybridized carbons (Fsp3) is 0.636. The van der Waals surface area contributed by atoms with E-state index in [4.69, 9.17) is 5.84 Å². The molecule has 1 aromatic heterocycles. The molecule has 6 heteroatoms. The molecule has 0 amide bonds. The van der Waals surface area contributed by atoms with E-state index in [1.54, 1.807) is 0 Å². The lowest BCUT2D eigenvalue weighted by molar-refractivity contribution is 0.483. The van der Waals surface area contributed by atoms with Gasteiger partial charge >= 0.3 is 0 Å². The molecule has 0 bridgehead atoms. The van der Waals surface area contributed by atoms with Gasteiger partial charge in [0.05, 0.1) is 6.20 Å². The molecule has 0 aromatic carbocycles. The van der Waals surface area contributed by atoms with Crippen molar-refractivity contribution in [3.05, 3.63) is 12.0 Å². The number of nitrogen functional groups attached to an aromatic ring is 1. The van der Waals surface area contributed by atoms with Crippen LogP contribution < -0.4 is 16.6 Å². The second-order valence-corrected chi connectivity index (χ2v) is 4.64. The molecule has 1 heterocycles. The number of anilines is 2. The van der Waals surface area contributed by atoms with E-state index in [1.165, 1.54) is 19.3 Å². The van der Waals surface area contributed by atoms with Gasteiger partial charge in [0, 0.05) is 6.54 Å². The van der Waals surface area contributed by atoms with E-state index in [0.717, 1.165) is 19.2 Å². The van der Waals surface area contributed by atoms with E-state index in [9.17, 15) is 4.39 Å². The highest BCUT2D eigenvalue weighted by atomic mass is 19.1. The van der Waals surface area contributed by atoms with Gasteiger partial charge in [0.1, 0.15) is 0 Å². The Kier molecular flexibility index (Phi) is 3.42. The summed E-state index contributed by atoms with van der Waals surface area (Å²) in [6.07, 6.45) is 5.87. The summed E-state index contributed by atoms with van der Waals surface area (Å²) in [4.78, 5) is 7.64. The number of rotatable bonds is 6. The summed E-state index contributed by atoms with van der Waals surface area (Å²) in [6.45, 7) is 2.93. The zero-order valence-corrected chi connectivity index (χ0v) is 9.96. The maximum absolute atomic E-state index is 13.4. The molecule has 1 fully saturated rings.